The third-order valence-corrected chi connectivity index (χ3v) is 4.66. The quantitative estimate of drug-likeness (QED) is 0.880. The average molecular weight is 333 g/mol. The monoisotopic (exact) mass is 332 g/mol. The highest BCUT2D eigenvalue weighted by Gasteiger charge is 2.20. The van der Waals surface area contributed by atoms with Gasteiger partial charge in [0.25, 0.3) is 0 Å². The van der Waals surface area contributed by atoms with Gasteiger partial charge < -0.3 is 10.2 Å². The van der Waals surface area contributed by atoms with E-state index in [2.05, 4.69) is 4.72 Å². The van der Waals surface area contributed by atoms with Crippen LogP contribution in [0.4, 0.5) is 4.39 Å². The molecule has 0 amide bonds. The number of rotatable bonds is 5. The number of furan rings is 1. The fraction of sp³-hybridized carbons (Fsp3) is 0.231. The molecule has 0 unspecified atom stereocenters. The summed E-state index contributed by atoms with van der Waals surface area (Å²) in [6, 6.07) is 5.39. The summed E-state index contributed by atoms with van der Waals surface area (Å²) in [5, 5.41) is -0.0587. The van der Waals surface area contributed by atoms with Crippen LogP contribution < -0.4 is 10.5 Å². The van der Waals surface area contributed by atoms with Crippen LogP contribution in [0.3, 0.4) is 0 Å². The van der Waals surface area contributed by atoms with Crippen molar-refractivity contribution in [1.82, 2.24) is 4.72 Å². The molecule has 0 aliphatic rings. The van der Waals surface area contributed by atoms with Crippen LogP contribution in [0.5, 0.6) is 0 Å². The second-order valence-electron chi connectivity index (χ2n) is 4.41. The minimum absolute atomic E-state index is 0.00902. The van der Waals surface area contributed by atoms with E-state index in [1.165, 1.54) is 24.3 Å². The van der Waals surface area contributed by atoms with E-state index in [1.807, 2.05) is 0 Å². The van der Waals surface area contributed by atoms with Crippen LogP contribution in [-0.4, -0.2) is 8.42 Å². The van der Waals surface area contributed by atoms with Crippen molar-refractivity contribution in [2.24, 2.45) is 5.73 Å². The lowest BCUT2D eigenvalue weighted by molar-refractivity contribution is 0.478. The van der Waals surface area contributed by atoms with Gasteiger partial charge in [0.05, 0.1) is 11.6 Å². The van der Waals surface area contributed by atoms with Crippen LogP contribution in [-0.2, 0) is 23.1 Å². The van der Waals surface area contributed by atoms with Crippen LogP contribution in [0.2, 0.25) is 5.02 Å². The Kier molecular flexibility index (Phi) is 4.67. The van der Waals surface area contributed by atoms with E-state index >= 15 is 0 Å². The molecule has 21 heavy (non-hydrogen) atoms. The number of halogens is 2. The number of hydrogen-bond acceptors (Lipinski definition) is 4. The van der Waals surface area contributed by atoms with Gasteiger partial charge in [0, 0.05) is 12.6 Å². The van der Waals surface area contributed by atoms with E-state index in [9.17, 15) is 12.8 Å². The molecule has 2 aromatic rings. The number of sulfonamides is 1. The first-order valence-corrected chi connectivity index (χ1v) is 7.92. The molecule has 0 aliphatic heterocycles. The first kappa shape index (κ1) is 16.0. The zero-order chi connectivity index (χ0) is 15.6. The van der Waals surface area contributed by atoms with Gasteiger partial charge >= 0.3 is 0 Å². The van der Waals surface area contributed by atoms with E-state index in [1.54, 1.807) is 6.92 Å². The molecular formula is C13H14ClFN2O3S. The Labute approximate surface area is 126 Å². The Hall–Kier alpha value is -1.41. The lowest BCUT2D eigenvalue weighted by atomic mass is 10.2. The zero-order valence-corrected chi connectivity index (χ0v) is 12.8. The lowest BCUT2D eigenvalue weighted by Crippen LogP contribution is -2.23. The van der Waals surface area contributed by atoms with Crippen LogP contribution in [0.25, 0.3) is 0 Å². The number of benzene rings is 1. The van der Waals surface area contributed by atoms with E-state index in [0.717, 1.165) is 0 Å². The molecule has 0 spiro atoms. The molecule has 1 aromatic heterocycles. The van der Waals surface area contributed by atoms with Crippen LogP contribution in [0.15, 0.2) is 33.6 Å². The molecule has 0 saturated heterocycles. The van der Waals surface area contributed by atoms with Crippen molar-refractivity contribution in [3.05, 3.63) is 52.2 Å². The molecular weight excluding hydrogens is 319 g/mol. The van der Waals surface area contributed by atoms with Crippen molar-refractivity contribution < 1.29 is 17.2 Å². The van der Waals surface area contributed by atoms with Gasteiger partial charge in [-0.25, -0.2) is 17.5 Å². The normalized spacial score (nSPS) is 11.8. The molecule has 1 aromatic carbocycles. The Morgan fingerprint density at radius 2 is 2.10 bits per heavy atom. The predicted octanol–water partition coefficient (Wildman–Crippen LogP) is 2.32. The molecule has 0 atom stereocenters. The molecule has 2 rings (SSSR count). The molecule has 0 saturated carbocycles. The summed E-state index contributed by atoms with van der Waals surface area (Å²) in [6.45, 7) is 1.65. The molecule has 0 aliphatic carbocycles. The van der Waals surface area contributed by atoms with Gasteiger partial charge in [-0.1, -0.05) is 17.7 Å². The van der Waals surface area contributed by atoms with E-state index in [0.29, 0.717) is 11.3 Å². The van der Waals surface area contributed by atoms with Crippen LogP contribution >= 0.6 is 11.6 Å². The highest BCUT2D eigenvalue weighted by Crippen LogP contribution is 2.20. The largest absolute Gasteiger partial charge is 0.464 e. The lowest BCUT2D eigenvalue weighted by Gasteiger charge is -2.06. The summed E-state index contributed by atoms with van der Waals surface area (Å²) in [6.07, 6.45) is 0. The Balaban J connectivity index is 2.17. The van der Waals surface area contributed by atoms with Crippen molar-refractivity contribution in [2.45, 2.75) is 24.9 Å². The van der Waals surface area contributed by atoms with Crippen molar-refractivity contribution in [1.29, 1.82) is 0 Å². The van der Waals surface area contributed by atoms with E-state index in [-0.39, 0.29) is 28.8 Å². The predicted molar refractivity (Wildman–Crippen MR) is 76.8 cm³/mol. The summed E-state index contributed by atoms with van der Waals surface area (Å²) >= 11 is 5.65. The van der Waals surface area contributed by atoms with Gasteiger partial charge in [0.2, 0.25) is 10.0 Å². The molecule has 0 radical (unpaired) electrons. The summed E-state index contributed by atoms with van der Waals surface area (Å²) < 4.78 is 45.0. The highest BCUT2D eigenvalue weighted by molar-refractivity contribution is 7.89. The van der Waals surface area contributed by atoms with E-state index < -0.39 is 15.8 Å². The Bertz CT molecular complexity index is 759. The fourth-order valence-electron chi connectivity index (χ4n) is 1.80. The molecule has 8 heteroatoms. The molecule has 3 N–H and O–H groups in total. The Morgan fingerprint density at radius 1 is 1.38 bits per heavy atom. The minimum atomic E-state index is -3.74. The maximum absolute atomic E-state index is 13.0. The number of hydrogen-bond donors (Lipinski definition) is 2. The third kappa shape index (κ3) is 3.62. The first-order valence-electron chi connectivity index (χ1n) is 6.06. The standard InChI is InChI=1S/C13H14ClFN2O3S/c1-8-13(5-10(6-16)20-8)21(18,19)17-7-9-2-3-12(15)11(14)4-9/h2-5,17H,6-7,16H2,1H3. The third-order valence-electron chi connectivity index (χ3n) is 2.86. The zero-order valence-electron chi connectivity index (χ0n) is 11.2. The van der Waals surface area contributed by atoms with Gasteiger partial charge in [-0.2, -0.15) is 0 Å². The van der Waals surface area contributed by atoms with Crippen LogP contribution in [0.1, 0.15) is 17.1 Å². The van der Waals surface area contributed by atoms with Gasteiger partial charge in [0.1, 0.15) is 22.2 Å². The van der Waals surface area contributed by atoms with Crippen molar-refractivity contribution in [3.8, 4) is 0 Å². The topological polar surface area (TPSA) is 85.3 Å². The van der Waals surface area contributed by atoms with Crippen molar-refractivity contribution in [3.63, 3.8) is 0 Å². The second-order valence-corrected chi connectivity index (χ2v) is 6.55. The van der Waals surface area contributed by atoms with Gasteiger partial charge in [-0.15, -0.1) is 0 Å². The SMILES string of the molecule is Cc1oc(CN)cc1S(=O)(=O)NCc1ccc(F)c(Cl)c1. The number of nitrogens with two attached hydrogens (primary N) is 1. The van der Waals surface area contributed by atoms with Gasteiger partial charge in [-0.05, 0) is 24.6 Å². The molecule has 1 heterocycles. The summed E-state index contributed by atoms with van der Waals surface area (Å²) in [5.41, 5.74) is 5.96. The summed E-state index contributed by atoms with van der Waals surface area (Å²) in [5.74, 6) is 0.0966. The maximum Gasteiger partial charge on any atom is 0.244 e. The second kappa shape index (κ2) is 6.15. The fourth-order valence-corrected chi connectivity index (χ4v) is 3.22. The summed E-state index contributed by atoms with van der Waals surface area (Å²) in [7, 11) is -3.74. The average Bonchev–Trinajstić information content (AvgIpc) is 2.82. The molecule has 5 nitrogen and oxygen atoms in total. The van der Waals surface area contributed by atoms with Crippen molar-refractivity contribution in [2.75, 3.05) is 0 Å². The van der Waals surface area contributed by atoms with Gasteiger partial charge in [-0.3, -0.25) is 0 Å². The van der Waals surface area contributed by atoms with Gasteiger partial charge in [0.15, 0.2) is 0 Å². The van der Waals surface area contributed by atoms with Crippen LogP contribution in [0, 0.1) is 12.7 Å². The Morgan fingerprint density at radius 3 is 2.67 bits per heavy atom. The highest BCUT2D eigenvalue weighted by atomic mass is 35.5. The van der Waals surface area contributed by atoms with Crippen molar-refractivity contribution >= 4 is 21.6 Å². The number of nitrogens with one attached hydrogen (secondary N) is 1. The smallest absolute Gasteiger partial charge is 0.244 e. The summed E-state index contributed by atoms with van der Waals surface area (Å²) in [4.78, 5) is 0.0381. The van der Waals surface area contributed by atoms with E-state index in [4.69, 9.17) is 21.8 Å². The maximum atomic E-state index is 13.0. The minimum Gasteiger partial charge on any atom is -0.464 e. The molecule has 0 bridgehead atoms. The molecule has 114 valence electrons. The first-order chi connectivity index (χ1) is 9.83. The molecule has 0 fully saturated rings. The number of aryl methyl sites for hydroxylation is 1.